The quantitative estimate of drug-likeness (QED) is 0.644. The van der Waals surface area contributed by atoms with E-state index in [4.69, 9.17) is 17.2 Å². The zero-order chi connectivity index (χ0) is 19.3. The van der Waals surface area contributed by atoms with Gasteiger partial charge in [-0.15, -0.1) is 0 Å². The van der Waals surface area contributed by atoms with Crippen molar-refractivity contribution in [1.29, 1.82) is 0 Å². The Morgan fingerprint density at radius 2 is 1.82 bits per heavy atom. The first kappa shape index (κ1) is 16.9. The number of H-pyrrole nitrogens is 1. The molecule has 1 saturated carbocycles. The Balaban J connectivity index is 1.74. The monoisotopic (exact) mass is 387 g/mol. The van der Waals surface area contributed by atoms with Crippen molar-refractivity contribution in [3.8, 4) is 5.88 Å². The first-order valence-electron chi connectivity index (χ1n) is 9.17. The topological polar surface area (TPSA) is 70.4 Å². The molecule has 2 N–H and O–H groups in total. The van der Waals surface area contributed by atoms with Gasteiger partial charge in [0.2, 0.25) is 5.88 Å². The van der Waals surface area contributed by atoms with Crippen LogP contribution in [0.3, 0.4) is 0 Å². The molecule has 138 valence electrons. The van der Waals surface area contributed by atoms with Crippen LogP contribution in [0.5, 0.6) is 5.88 Å². The zero-order valence-corrected chi connectivity index (χ0v) is 15.7. The van der Waals surface area contributed by atoms with Crippen LogP contribution in [0.2, 0.25) is 0 Å². The van der Waals surface area contributed by atoms with Gasteiger partial charge in [-0.3, -0.25) is 14.3 Å². The average molecular weight is 387 g/mol. The van der Waals surface area contributed by atoms with E-state index in [0.717, 1.165) is 40.9 Å². The predicted octanol–water partition coefficient (Wildman–Crippen LogP) is 4.62. The van der Waals surface area contributed by atoms with E-state index in [-0.39, 0.29) is 22.3 Å². The largest absolute Gasteiger partial charge is 0.494 e. The second kappa shape index (κ2) is 6.42. The fraction of sp³-hybridized carbons (Fsp3) is 0.136. The van der Waals surface area contributed by atoms with Gasteiger partial charge in [0.15, 0.2) is 4.77 Å². The minimum atomic E-state index is -0.399. The van der Waals surface area contributed by atoms with Crippen LogP contribution >= 0.6 is 12.2 Å². The molecular formula is C22H17N3O2S. The van der Waals surface area contributed by atoms with E-state index in [1.165, 1.54) is 0 Å². The fourth-order valence-electron chi connectivity index (χ4n) is 3.57. The molecule has 6 heteroatoms. The van der Waals surface area contributed by atoms with Gasteiger partial charge in [0.1, 0.15) is 5.56 Å². The maximum atomic E-state index is 12.6. The number of nitrogens with zero attached hydrogens (tertiary/aromatic N) is 2. The summed E-state index contributed by atoms with van der Waals surface area (Å²) in [7, 11) is 0. The molecule has 0 unspecified atom stereocenters. The lowest BCUT2D eigenvalue weighted by Gasteiger charge is -2.11. The Hall–Kier alpha value is -3.25. The molecule has 28 heavy (non-hydrogen) atoms. The lowest BCUT2D eigenvalue weighted by atomic mass is 9.96. The highest BCUT2D eigenvalue weighted by Crippen LogP contribution is 2.41. The lowest BCUT2D eigenvalue weighted by molar-refractivity contribution is 0.404. The number of para-hydroxylation sites is 1. The zero-order valence-electron chi connectivity index (χ0n) is 14.9. The van der Waals surface area contributed by atoms with Crippen LogP contribution in [-0.4, -0.2) is 20.4 Å². The smallest absolute Gasteiger partial charge is 0.262 e. The Bertz CT molecular complexity index is 1260. The number of allylic oxidation sites excluding steroid dienone is 1. The molecule has 5 nitrogen and oxygen atoms in total. The van der Waals surface area contributed by atoms with Crippen molar-refractivity contribution in [3.63, 3.8) is 0 Å². The second-order valence-electron chi connectivity index (χ2n) is 7.00. The molecule has 0 amide bonds. The third kappa shape index (κ3) is 2.73. The van der Waals surface area contributed by atoms with Crippen LogP contribution in [0, 0.1) is 4.77 Å². The van der Waals surface area contributed by atoms with E-state index in [1.807, 2.05) is 54.6 Å². The summed E-state index contributed by atoms with van der Waals surface area (Å²) in [4.78, 5) is 20.1. The Morgan fingerprint density at radius 3 is 2.57 bits per heavy atom. The molecule has 3 aromatic rings. The predicted molar refractivity (Wildman–Crippen MR) is 113 cm³/mol. The summed E-state index contributed by atoms with van der Waals surface area (Å²) in [5.74, 6) is -0.0828. The van der Waals surface area contributed by atoms with Crippen LogP contribution in [-0.2, 0) is 0 Å². The summed E-state index contributed by atoms with van der Waals surface area (Å²) in [5, 5.41) is 10.8. The maximum Gasteiger partial charge on any atom is 0.262 e. The highest BCUT2D eigenvalue weighted by molar-refractivity contribution is 7.71. The number of aromatic amines is 1. The van der Waals surface area contributed by atoms with E-state index in [9.17, 15) is 9.90 Å². The molecule has 1 aromatic heterocycles. The van der Waals surface area contributed by atoms with Gasteiger partial charge in [0.25, 0.3) is 5.56 Å². The van der Waals surface area contributed by atoms with Crippen molar-refractivity contribution in [2.75, 3.05) is 0 Å². The molecule has 0 spiro atoms. The number of rotatable bonds is 3. The van der Waals surface area contributed by atoms with Crippen LogP contribution in [0.4, 0.5) is 5.69 Å². The van der Waals surface area contributed by atoms with Crippen molar-refractivity contribution in [1.82, 2.24) is 9.55 Å². The van der Waals surface area contributed by atoms with Crippen LogP contribution in [0.15, 0.2) is 64.4 Å². The third-order valence-electron chi connectivity index (χ3n) is 5.08. The normalized spacial score (nSPS) is 16.9. The van der Waals surface area contributed by atoms with E-state index in [2.05, 4.69) is 4.98 Å². The van der Waals surface area contributed by atoms with Crippen molar-refractivity contribution < 1.29 is 5.11 Å². The molecule has 2 aromatic carbocycles. The Kier molecular flexibility index (Phi) is 3.87. The van der Waals surface area contributed by atoms with Crippen molar-refractivity contribution in [2.24, 2.45) is 4.99 Å². The van der Waals surface area contributed by atoms with Gasteiger partial charge >= 0.3 is 0 Å². The highest BCUT2D eigenvalue weighted by atomic mass is 32.1. The van der Waals surface area contributed by atoms with Gasteiger partial charge in [-0.2, -0.15) is 0 Å². The first-order chi connectivity index (χ1) is 13.6. The number of fused-ring (bicyclic) bond motifs is 1. The van der Waals surface area contributed by atoms with Gasteiger partial charge in [0.05, 0.1) is 11.4 Å². The molecular weight excluding hydrogens is 370 g/mol. The van der Waals surface area contributed by atoms with E-state index >= 15 is 0 Å². The van der Waals surface area contributed by atoms with Gasteiger partial charge in [-0.25, -0.2) is 4.99 Å². The lowest BCUT2D eigenvalue weighted by Crippen LogP contribution is -2.16. The number of aromatic nitrogens is 2. The minimum absolute atomic E-state index is 0.0828. The minimum Gasteiger partial charge on any atom is -0.494 e. The van der Waals surface area contributed by atoms with E-state index in [0.29, 0.717) is 0 Å². The second-order valence-corrected chi connectivity index (χ2v) is 7.39. The van der Waals surface area contributed by atoms with Crippen LogP contribution in [0.25, 0.3) is 11.6 Å². The standard InChI is InChI=1S/C22H17N3O2S/c26-20-17(21(27)25(14-10-11-14)22(28)24-20)12-16-15-8-4-5-9-18(15)23-19(16)13-6-2-1-3-7-13/h1-9,12,14,27H,10-11H2,(H,24,26,28)/b16-12+. The number of benzene rings is 2. The summed E-state index contributed by atoms with van der Waals surface area (Å²) < 4.78 is 1.90. The number of nitrogens with one attached hydrogen (secondary N) is 1. The summed E-state index contributed by atoms with van der Waals surface area (Å²) in [6, 6.07) is 17.8. The molecule has 2 aliphatic rings. The van der Waals surface area contributed by atoms with Crippen molar-refractivity contribution in [2.45, 2.75) is 18.9 Å². The molecule has 1 aliphatic carbocycles. The van der Waals surface area contributed by atoms with Gasteiger partial charge < -0.3 is 5.11 Å². The molecule has 2 heterocycles. The summed E-state index contributed by atoms with van der Waals surface area (Å²) in [6.07, 6.45) is 3.62. The van der Waals surface area contributed by atoms with Crippen molar-refractivity contribution in [3.05, 3.63) is 86.4 Å². The maximum absolute atomic E-state index is 12.6. The van der Waals surface area contributed by atoms with Gasteiger partial charge in [-0.05, 0) is 37.2 Å². The number of aromatic hydroxyl groups is 1. The molecule has 1 fully saturated rings. The van der Waals surface area contributed by atoms with Crippen LogP contribution < -0.4 is 5.56 Å². The Morgan fingerprint density at radius 1 is 1.11 bits per heavy atom. The average Bonchev–Trinajstić information content (AvgIpc) is 3.46. The van der Waals surface area contributed by atoms with E-state index < -0.39 is 5.56 Å². The third-order valence-corrected chi connectivity index (χ3v) is 5.38. The summed E-state index contributed by atoms with van der Waals surface area (Å²) in [5.41, 5.74) is 4.12. The molecule has 0 radical (unpaired) electrons. The summed E-state index contributed by atoms with van der Waals surface area (Å²) >= 11 is 5.25. The number of aliphatic imine (C=N–C) groups is 1. The molecule has 0 saturated heterocycles. The molecule has 0 atom stereocenters. The highest BCUT2D eigenvalue weighted by Gasteiger charge is 2.29. The Labute approximate surface area is 166 Å². The first-order valence-corrected chi connectivity index (χ1v) is 9.57. The number of hydrogen-bond donors (Lipinski definition) is 2. The fourth-order valence-corrected chi connectivity index (χ4v) is 3.90. The van der Waals surface area contributed by atoms with Gasteiger partial charge in [0, 0.05) is 22.7 Å². The molecule has 1 aliphatic heterocycles. The summed E-state index contributed by atoms with van der Waals surface area (Å²) in [6.45, 7) is 0. The molecule has 5 rings (SSSR count). The van der Waals surface area contributed by atoms with Gasteiger partial charge in [-0.1, -0.05) is 48.5 Å². The van der Waals surface area contributed by atoms with Crippen molar-refractivity contribution >= 4 is 35.3 Å². The molecule has 0 bridgehead atoms. The van der Waals surface area contributed by atoms with Crippen LogP contribution in [0.1, 0.15) is 35.6 Å². The number of hydrogen-bond acceptors (Lipinski definition) is 4. The van der Waals surface area contributed by atoms with E-state index in [1.54, 1.807) is 10.6 Å². The SMILES string of the molecule is O=c1[nH]c(=S)n(C2CC2)c(O)c1/C=C1/C(c2ccccc2)=Nc2ccccc21.